The van der Waals surface area contributed by atoms with Crippen LogP contribution >= 0.6 is 11.8 Å². The lowest BCUT2D eigenvalue weighted by Crippen LogP contribution is -2.32. The van der Waals surface area contributed by atoms with E-state index in [2.05, 4.69) is 30.3 Å². The highest BCUT2D eigenvalue weighted by Crippen LogP contribution is 2.43. The van der Waals surface area contributed by atoms with Gasteiger partial charge >= 0.3 is 0 Å². The Balaban J connectivity index is 1.47. The number of hydrogen-bond acceptors (Lipinski definition) is 4. The van der Waals surface area contributed by atoms with Crippen LogP contribution in [0.3, 0.4) is 0 Å². The lowest BCUT2D eigenvalue weighted by atomic mass is 9.86. The zero-order valence-electron chi connectivity index (χ0n) is 14.4. The fourth-order valence-electron chi connectivity index (χ4n) is 3.71. The van der Waals surface area contributed by atoms with E-state index in [0.717, 1.165) is 23.8 Å². The Morgan fingerprint density at radius 3 is 2.60 bits per heavy atom. The van der Waals surface area contributed by atoms with Gasteiger partial charge in [-0.1, -0.05) is 24.6 Å². The smallest absolute Gasteiger partial charge is 0.189 e. The Hall–Kier alpha value is -1.94. The van der Waals surface area contributed by atoms with Crippen LogP contribution in [0.5, 0.6) is 5.75 Å². The fourth-order valence-corrected chi connectivity index (χ4v) is 5.07. The monoisotopic (exact) mass is 353 g/mol. The minimum atomic E-state index is 0.288. The zero-order chi connectivity index (χ0) is 17.1. The molecule has 2 aromatic carbocycles. The molecule has 0 amide bonds. The van der Waals surface area contributed by atoms with Crippen LogP contribution in [0.2, 0.25) is 0 Å². The van der Waals surface area contributed by atoms with Gasteiger partial charge in [-0.25, -0.2) is 4.99 Å². The number of benzene rings is 2. The molecular formula is C21H23NO2S. The second-order valence-corrected chi connectivity index (χ2v) is 7.96. The predicted octanol–water partition coefficient (Wildman–Crippen LogP) is 5.48. The lowest BCUT2D eigenvalue weighted by molar-refractivity contribution is 0.137. The van der Waals surface area contributed by atoms with Gasteiger partial charge < -0.3 is 9.47 Å². The minimum absolute atomic E-state index is 0.288. The molecule has 3 atom stereocenters. The third kappa shape index (κ3) is 3.84. The molecule has 4 heteroatoms. The molecule has 0 spiro atoms. The summed E-state index contributed by atoms with van der Waals surface area (Å²) in [6, 6.07) is 18.5. The standard InChI is InChI=1S/C21H23NO2S/c1-23-17-12-10-16(11-13-17)22-20-14-15-6-5-9-19(21(15)24-20)25-18-7-3-2-4-8-18/h2-4,7-8,10-13,15,19,21H,5-6,9,14H2,1H3. The average Bonchev–Trinajstić information content (AvgIpc) is 3.07. The lowest BCUT2D eigenvalue weighted by Gasteiger charge is -2.31. The summed E-state index contributed by atoms with van der Waals surface area (Å²) in [6.07, 6.45) is 5.00. The second-order valence-electron chi connectivity index (χ2n) is 6.65. The maximum atomic E-state index is 6.31. The Morgan fingerprint density at radius 2 is 1.84 bits per heavy atom. The Morgan fingerprint density at radius 1 is 1.04 bits per heavy atom. The van der Waals surface area contributed by atoms with E-state index in [0.29, 0.717) is 11.2 Å². The van der Waals surface area contributed by atoms with Crippen molar-refractivity contribution in [1.29, 1.82) is 0 Å². The second kappa shape index (κ2) is 7.52. The molecule has 1 heterocycles. The SMILES string of the molecule is COc1ccc(N=C2CC3CCCC(Sc4ccccc4)C3O2)cc1. The minimum Gasteiger partial charge on any atom is -0.497 e. The van der Waals surface area contributed by atoms with E-state index in [-0.39, 0.29) is 6.10 Å². The van der Waals surface area contributed by atoms with Crippen molar-refractivity contribution in [2.45, 2.75) is 41.9 Å². The van der Waals surface area contributed by atoms with Gasteiger partial charge in [0.05, 0.1) is 12.8 Å². The number of hydrogen-bond donors (Lipinski definition) is 0. The van der Waals surface area contributed by atoms with E-state index in [1.54, 1.807) is 7.11 Å². The summed E-state index contributed by atoms with van der Waals surface area (Å²) in [7, 11) is 1.68. The molecule has 1 aliphatic carbocycles. The summed E-state index contributed by atoms with van der Waals surface area (Å²) >= 11 is 1.96. The van der Waals surface area contributed by atoms with E-state index >= 15 is 0 Å². The highest BCUT2D eigenvalue weighted by atomic mass is 32.2. The van der Waals surface area contributed by atoms with Gasteiger partial charge in [-0.3, -0.25) is 0 Å². The molecule has 1 aliphatic heterocycles. The van der Waals surface area contributed by atoms with Crippen LogP contribution in [-0.2, 0) is 4.74 Å². The largest absolute Gasteiger partial charge is 0.497 e. The third-order valence-electron chi connectivity index (χ3n) is 4.96. The average molecular weight is 353 g/mol. The molecule has 1 saturated carbocycles. The van der Waals surface area contributed by atoms with Crippen LogP contribution in [0.4, 0.5) is 5.69 Å². The first-order chi connectivity index (χ1) is 12.3. The van der Waals surface area contributed by atoms with Crippen LogP contribution in [0.15, 0.2) is 64.5 Å². The molecule has 0 aromatic heterocycles. The van der Waals surface area contributed by atoms with Crippen molar-refractivity contribution in [1.82, 2.24) is 0 Å². The molecule has 2 aliphatic rings. The van der Waals surface area contributed by atoms with Crippen molar-refractivity contribution in [3.63, 3.8) is 0 Å². The summed E-state index contributed by atoms with van der Waals surface area (Å²) in [5.41, 5.74) is 0.932. The van der Waals surface area contributed by atoms with Gasteiger partial charge in [-0.2, -0.15) is 0 Å². The normalized spacial score (nSPS) is 26.9. The van der Waals surface area contributed by atoms with Gasteiger partial charge in [0.25, 0.3) is 0 Å². The molecule has 0 bridgehead atoms. The number of rotatable bonds is 4. The van der Waals surface area contributed by atoms with Crippen molar-refractivity contribution in [3.05, 3.63) is 54.6 Å². The van der Waals surface area contributed by atoms with Crippen molar-refractivity contribution in [2.75, 3.05) is 7.11 Å². The highest BCUT2D eigenvalue weighted by Gasteiger charge is 2.41. The van der Waals surface area contributed by atoms with Gasteiger partial charge in [0.1, 0.15) is 11.9 Å². The molecule has 2 fully saturated rings. The summed E-state index contributed by atoms with van der Waals surface area (Å²) in [6.45, 7) is 0. The van der Waals surface area contributed by atoms with Crippen molar-refractivity contribution in [2.24, 2.45) is 10.9 Å². The fraction of sp³-hybridized carbons (Fsp3) is 0.381. The highest BCUT2D eigenvalue weighted by molar-refractivity contribution is 8.00. The molecule has 2 aromatic rings. The van der Waals surface area contributed by atoms with Gasteiger partial charge in [0.15, 0.2) is 5.90 Å². The first-order valence-corrected chi connectivity index (χ1v) is 9.80. The first-order valence-electron chi connectivity index (χ1n) is 8.92. The maximum absolute atomic E-state index is 6.31. The summed E-state index contributed by atoms with van der Waals surface area (Å²) in [5.74, 6) is 2.34. The van der Waals surface area contributed by atoms with Gasteiger partial charge in [0.2, 0.25) is 0 Å². The Labute approximate surface area is 153 Å². The van der Waals surface area contributed by atoms with Crippen LogP contribution < -0.4 is 4.74 Å². The molecular weight excluding hydrogens is 330 g/mol. The van der Waals surface area contributed by atoms with Crippen molar-refractivity contribution in [3.8, 4) is 5.75 Å². The van der Waals surface area contributed by atoms with E-state index in [4.69, 9.17) is 14.5 Å². The molecule has 25 heavy (non-hydrogen) atoms. The number of fused-ring (bicyclic) bond motifs is 1. The summed E-state index contributed by atoms with van der Waals surface area (Å²) in [5, 5.41) is 0.518. The van der Waals surface area contributed by atoms with Gasteiger partial charge in [-0.15, -0.1) is 11.8 Å². The van der Waals surface area contributed by atoms with E-state index in [9.17, 15) is 0 Å². The van der Waals surface area contributed by atoms with Crippen LogP contribution in [0, 0.1) is 5.92 Å². The zero-order valence-corrected chi connectivity index (χ0v) is 15.2. The molecule has 0 N–H and O–H groups in total. The van der Waals surface area contributed by atoms with E-state index < -0.39 is 0 Å². The molecule has 0 radical (unpaired) electrons. The molecule has 1 saturated heterocycles. The molecule has 3 nitrogen and oxygen atoms in total. The first kappa shape index (κ1) is 16.5. The van der Waals surface area contributed by atoms with E-state index in [1.165, 1.54) is 24.2 Å². The number of aliphatic imine (C=N–C) groups is 1. The molecule has 3 unspecified atom stereocenters. The summed E-state index contributed by atoms with van der Waals surface area (Å²) < 4.78 is 11.5. The van der Waals surface area contributed by atoms with Crippen LogP contribution in [0.25, 0.3) is 0 Å². The van der Waals surface area contributed by atoms with Crippen molar-refractivity contribution >= 4 is 23.3 Å². The third-order valence-corrected chi connectivity index (χ3v) is 6.31. The molecule has 130 valence electrons. The van der Waals surface area contributed by atoms with Gasteiger partial charge in [-0.05, 0) is 49.2 Å². The number of thioether (sulfide) groups is 1. The Kier molecular flexibility index (Phi) is 4.97. The van der Waals surface area contributed by atoms with Crippen LogP contribution in [-0.4, -0.2) is 24.4 Å². The maximum Gasteiger partial charge on any atom is 0.189 e. The van der Waals surface area contributed by atoms with Gasteiger partial charge in [0, 0.05) is 22.5 Å². The topological polar surface area (TPSA) is 30.8 Å². The van der Waals surface area contributed by atoms with Crippen molar-refractivity contribution < 1.29 is 9.47 Å². The van der Waals surface area contributed by atoms with Crippen LogP contribution in [0.1, 0.15) is 25.7 Å². The quantitative estimate of drug-likeness (QED) is 0.730. The Bertz CT molecular complexity index is 729. The van der Waals surface area contributed by atoms with E-state index in [1.807, 2.05) is 36.0 Å². The number of nitrogens with zero attached hydrogens (tertiary/aromatic N) is 1. The number of methoxy groups -OCH3 is 1. The number of ether oxygens (including phenoxy) is 2. The summed E-state index contributed by atoms with van der Waals surface area (Å²) in [4.78, 5) is 6.06. The molecule has 4 rings (SSSR count). The predicted molar refractivity (Wildman–Crippen MR) is 103 cm³/mol.